The molecule has 0 aliphatic carbocycles. The Balaban J connectivity index is 1.90. The van der Waals surface area contributed by atoms with E-state index in [0.29, 0.717) is 27.3 Å². The Hall–Kier alpha value is -2.77. The Morgan fingerprint density at radius 3 is 2.87 bits per heavy atom. The van der Waals surface area contributed by atoms with Gasteiger partial charge in [-0.05, 0) is 43.4 Å². The third-order valence-corrected chi connectivity index (χ3v) is 5.91. The Kier molecular flexibility index (Phi) is 5.34. The first-order chi connectivity index (χ1) is 14.4. The number of anilines is 1. The van der Waals surface area contributed by atoms with Crippen LogP contribution in [0.25, 0.3) is 0 Å². The lowest BCUT2D eigenvalue weighted by Crippen LogP contribution is -2.71. The van der Waals surface area contributed by atoms with Crippen LogP contribution in [0.4, 0.5) is 5.69 Å². The molecule has 8 heteroatoms. The van der Waals surface area contributed by atoms with Crippen LogP contribution in [0.5, 0.6) is 11.5 Å². The van der Waals surface area contributed by atoms with E-state index in [-0.39, 0.29) is 6.61 Å². The van der Waals surface area contributed by atoms with Crippen LogP contribution in [-0.4, -0.2) is 30.5 Å². The van der Waals surface area contributed by atoms with Crippen LogP contribution in [0.2, 0.25) is 5.02 Å². The molecule has 0 spiro atoms. The van der Waals surface area contributed by atoms with Gasteiger partial charge in [0, 0.05) is 16.3 Å². The molecule has 30 heavy (non-hydrogen) atoms. The maximum Gasteiger partial charge on any atom is 0.317 e. The summed E-state index contributed by atoms with van der Waals surface area (Å²) in [6, 6.07) is 12.3. The molecule has 1 N–H and O–H groups in total. The van der Waals surface area contributed by atoms with E-state index in [1.807, 2.05) is 37.3 Å². The second-order valence-corrected chi connectivity index (χ2v) is 8.00. The molecule has 0 aromatic heterocycles. The number of thiocarbonyl (C=S) groups is 1. The predicted molar refractivity (Wildman–Crippen MR) is 119 cm³/mol. The van der Waals surface area contributed by atoms with Crippen molar-refractivity contribution in [1.29, 1.82) is 0 Å². The van der Waals surface area contributed by atoms with E-state index in [9.17, 15) is 4.79 Å². The van der Waals surface area contributed by atoms with Crippen molar-refractivity contribution in [3.05, 3.63) is 65.7 Å². The molecule has 2 heterocycles. The molecule has 2 bridgehead atoms. The van der Waals surface area contributed by atoms with E-state index in [2.05, 4.69) is 11.9 Å². The quantitative estimate of drug-likeness (QED) is 0.420. The zero-order valence-corrected chi connectivity index (χ0v) is 18.1. The van der Waals surface area contributed by atoms with E-state index in [1.54, 1.807) is 24.1 Å². The molecule has 1 saturated heterocycles. The number of carbonyl (C=O) groups excluding carboxylic acids is 1. The molecule has 4 rings (SSSR count). The summed E-state index contributed by atoms with van der Waals surface area (Å²) in [4.78, 5) is 14.9. The average Bonchev–Trinajstić information content (AvgIpc) is 2.71. The summed E-state index contributed by atoms with van der Waals surface area (Å²) in [7, 11) is 1.58. The minimum Gasteiger partial charge on any atom is -0.493 e. The summed E-state index contributed by atoms with van der Waals surface area (Å²) in [6.45, 7) is 5.55. The van der Waals surface area contributed by atoms with Crippen molar-refractivity contribution < 1.29 is 19.0 Å². The second kappa shape index (κ2) is 7.81. The average molecular weight is 445 g/mol. The number of nitrogens with zero attached hydrogens (tertiary/aromatic N) is 1. The number of esters is 1. The zero-order chi connectivity index (χ0) is 21.5. The van der Waals surface area contributed by atoms with E-state index in [0.717, 1.165) is 5.56 Å². The number of benzene rings is 2. The highest BCUT2D eigenvalue weighted by Crippen LogP contribution is 2.52. The van der Waals surface area contributed by atoms with Crippen LogP contribution in [-0.2, 0) is 9.53 Å². The Morgan fingerprint density at radius 1 is 1.40 bits per heavy atom. The molecule has 156 valence electrons. The summed E-state index contributed by atoms with van der Waals surface area (Å²) in [6.07, 6.45) is 1.53. The lowest BCUT2D eigenvalue weighted by Gasteiger charge is -2.55. The predicted octanol–water partition coefficient (Wildman–Crippen LogP) is 4.24. The van der Waals surface area contributed by atoms with Crippen LogP contribution >= 0.6 is 23.8 Å². The first kappa shape index (κ1) is 20.5. The number of halogens is 1. The molecule has 0 radical (unpaired) electrons. The van der Waals surface area contributed by atoms with Gasteiger partial charge in [0.25, 0.3) is 0 Å². The molecule has 2 aromatic rings. The van der Waals surface area contributed by atoms with Crippen LogP contribution in [0.15, 0.2) is 55.1 Å². The van der Waals surface area contributed by atoms with Gasteiger partial charge < -0.3 is 19.5 Å². The Bertz CT molecular complexity index is 1030. The molecule has 2 aliphatic heterocycles. The second-order valence-electron chi connectivity index (χ2n) is 7.17. The minimum atomic E-state index is -1.18. The lowest BCUT2D eigenvalue weighted by molar-refractivity contribution is -0.159. The normalized spacial score (nSPS) is 24.2. The van der Waals surface area contributed by atoms with Gasteiger partial charge >= 0.3 is 5.97 Å². The van der Waals surface area contributed by atoms with E-state index in [4.69, 9.17) is 38.0 Å². The van der Waals surface area contributed by atoms with Crippen molar-refractivity contribution >= 4 is 40.6 Å². The monoisotopic (exact) mass is 444 g/mol. The van der Waals surface area contributed by atoms with Crippen LogP contribution < -0.4 is 19.7 Å². The zero-order valence-electron chi connectivity index (χ0n) is 16.6. The molecular formula is C22H21ClN2O4S. The highest BCUT2D eigenvalue weighted by molar-refractivity contribution is 7.80. The molecule has 2 aromatic carbocycles. The van der Waals surface area contributed by atoms with Gasteiger partial charge in [-0.3, -0.25) is 9.69 Å². The number of ether oxygens (including phenoxy) is 3. The molecule has 0 amide bonds. The van der Waals surface area contributed by atoms with Gasteiger partial charge in [-0.2, -0.15) is 0 Å². The fourth-order valence-electron chi connectivity index (χ4n) is 4.13. The summed E-state index contributed by atoms with van der Waals surface area (Å²) < 4.78 is 17.5. The van der Waals surface area contributed by atoms with Gasteiger partial charge in [-0.15, -0.1) is 0 Å². The Labute approximate surface area is 185 Å². The maximum atomic E-state index is 13.2. The number of hydrogen-bond donors (Lipinski definition) is 1. The van der Waals surface area contributed by atoms with Gasteiger partial charge in [0.2, 0.25) is 5.72 Å². The van der Waals surface area contributed by atoms with Crippen molar-refractivity contribution in [2.45, 2.75) is 18.7 Å². The first-order valence-corrected chi connectivity index (χ1v) is 10.2. The lowest BCUT2D eigenvalue weighted by atomic mass is 9.79. The van der Waals surface area contributed by atoms with Crippen molar-refractivity contribution in [2.75, 3.05) is 18.6 Å². The maximum absolute atomic E-state index is 13.2. The molecule has 3 atom stereocenters. The topological polar surface area (TPSA) is 60.0 Å². The van der Waals surface area contributed by atoms with Crippen LogP contribution in [0.3, 0.4) is 0 Å². The summed E-state index contributed by atoms with van der Waals surface area (Å²) in [5.41, 5.74) is 0.290. The highest BCUT2D eigenvalue weighted by atomic mass is 35.5. The number of fused-ring (bicyclic) bond motifs is 4. The van der Waals surface area contributed by atoms with Crippen molar-refractivity contribution in [1.82, 2.24) is 5.32 Å². The van der Waals surface area contributed by atoms with Gasteiger partial charge in [-0.1, -0.05) is 42.5 Å². The molecule has 0 unspecified atom stereocenters. The van der Waals surface area contributed by atoms with Gasteiger partial charge in [0.05, 0.1) is 13.2 Å². The number of nitrogens with one attached hydrogen (secondary N) is 1. The number of hydrogen-bond acceptors (Lipinski definition) is 5. The fraction of sp³-hybridized carbons (Fsp3) is 0.273. The first-order valence-electron chi connectivity index (χ1n) is 9.40. The summed E-state index contributed by atoms with van der Waals surface area (Å²) in [5, 5.41) is 4.27. The number of methoxy groups -OCH3 is 1. The third-order valence-electron chi connectivity index (χ3n) is 5.37. The van der Waals surface area contributed by atoms with Crippen molar-refractivity contribution in [3.63, 3.8) is 0 Å². The van der Waals surface area contributed by atoms with Crippen molar-refractivity contribution in [3.8, 4) is 11.5 Å². The highest BCUT2D eigenvalue weighted by Gasteiger charge is 2.60. The largest absolute Gasteiger partial charge is 0.493 e. The van der Waals surface area contributed by atoms with E-state index < -0.39 is 23.7 Å². The molecule has 6 nitrogen and oxygen atoms in total. The number of carbonyl (C=O) groups is 1. The Morgan fingerprint density at radius 2 is 2.17 bits per heavy atom. The summed E-state index contributed by atoms with van der Waals surface area (Å²) in [5.74, 6) is -0.00905. The van der Waals surface area contributed by atoms with E-state index >= 15 is 0 Å². The smallest absolute Gasteiger partial charge is 0.317 e. The third kappa shape index (κ3) is 3.18. The summed E-state index contributed by atoms with van der Waals surface area (Å²) >= 11 is 11.9. The van der Waals surface area contributed by atoms with Gasteiger partial charge in [0.15, 0.2) is 16.6 Å². The van der Waals surface area contributed by atoms with Crippen LogP contribution in [0, 0.1) is 5.92 Å². The van der Waals surface area contributed by atoms with Crippen molar-refractivity contribution in [2.24, 2.45) is 5.92 Å². The molecule has 1 fully saturated rings. The molecular weight excluding hydrogens is 424 g/mol. The van der Waals surface area contributed by atoms with Gasteiger partial charge in [0.1, 0.15) is 12.5 Å². The minimum absolute atomic E-state index is 0.102. The standard InChI is InChI=1S/C22H21ClN2O4S/c1-4-11-28-20(26)17-18-15-9-6-10-16(27-3)19(15)29-22(17,2)25(21(30)24-18)14-8-5-7-13(23)12-14/h4-10,12,17-18H,1,11H2,2-3H3,(H,24,30)/t17-,18+,22+/m1/s1. The molecule has 0 saturated carbocycles. The van der Waals surface area contributed by atoms with Gasteiger partial charge in [-0.25, -0.2) is 0 Å². The fourth-order valence-corrected chi connectivity index (χ4v) is 4.72. The number of rotatable bonds is 5. The number of para-hydroxylation sites is 1. The molecule has 2 aliphatic rings. The van der Waals surface area contributed by atoms with Crippen LogP contribution in [0.1, 0.15) is 18.5 Å². The van der Waals surface area contributed by atoms with E-state index in [1.165, 1.54) is 6.08 Å². The SMILES string of the molecule is C=CCOC(=O)[C@H]1[C@H]2NC(=S)N(c3cccc(Cl)c3)[C@@]1(C)Oc1c(OC)cccc12.